The zero-order chi connectivity index (χ0) is 25.5. The maximum absolute atomic E-state index is 13.3. The third-order valence-electron chi connectivity index (χ3n) is 5.73. The number of terminal acetylenes is 1. The van der Waals surface area contributed by atoms with E-state index < -0.39 is 17.6 Å². The average Bonchev–Trinajstić information content (AvgIpc) is 3.14. The molecule has 1 heterocycles. The number of hydrogen-bond acceptors (Lipinski definition) is 5. The average molecular weight is 498 g/mol. The summed E-state index contributed by atoms with van der Waals surface area (Å²) in [7, 11) is 1.59. The zero-order valence-electron chi connectivity index (χ0n) is 19.8. The number of aromatic nitrogens is 2. The molecule has 0 radical (unpaired) electrons. The number of nitrogens with zero attached hydrogens (tertiary/aromatic N) is 1. The highest BCUT2D eigenvalue weighted by Crippen LogP contribution is 2.33. The number of benzene rings is 2. The second-order valence-corrected chi connectivity index (χ2v) is 8.43. The molecule has 0 bridgehead atoms. The summed E-state index contributed by atoms with van der Waals surface area (Å²) in [6, 6.07) is 10.7. The van der Waals surface area contributed by atoms with E-state index in [0.29, 0.717) is 42.2 Å². The topological polar surface area (TPSA) is 106 Å². The van der Waals surface area contributed by atoms with Gasteiger partial charge < -0.3 is 24.9 Å². The lowest BCUT2D eigenvalue weighted by atomic mass is 9.97. The van der Waals surface area contributed by atoms with Crippen molar-refractivity contribution in [2.75, 3.05) is 25.6 Å². The number of nitrogens with one attached hydrogen (secondary N) is 2. The van der Waals surface area contributed by atoms with Crippen LogP contribution in [0.2, 0.25) is 5.02 Å². The molecule has 35 heavy (non-hydrogen) atoms. The van der Waals surface area contributed by atoms with Gasteiger partial charge in [-0.15, -0.1) is 6.42 Å². The van der Waals surface area contributed by atoms with Crippen molar-refractivity contribution in [2.24, 2.45) is 5.92 Å². The third-order valence-corrected chi connectivity index (χ3v) is 6.04. The summed E-state index contributed by atoms with van der Waals surface area (Å²) < 4.78 is 11.6. The highest BCUT2D eigenvalue weighted by Gasteiger charge is 2.32. The van der Waals surface area contributed by atoms with Crippen molar-refractivity contribution < 1.29 is 19.4 Å². The molecular weight excluding hydrogens is 470 g/mol. The van der Waals surface area contributed by atoms with Gasteiger partial charge in [0.25, 0.3) is 0 Å². The van der Waals surface area contributed by atoms with Crippen molar-refractivity contribution in [3.05, 3.63) is 63.5 Å². The summed E-state index contributed by atoms with van der Waals surface area (Å²) in [5, 5.41) is 14.0. The summed E-state index contributed by atoms with van der Waals surface area (Å²) in [6.07, 6.45) is 5.98. The number of amides is 1. The molecule has 1 amide bonds. The minimum atomic E-state index is -0.988. The minimum Gasteiger partial charge on any atom is -0.493 e. The fraction of sp³-hybridized carbons (Fsp3) is 0.308. The number of methoxy groups -OCH3 is 1. The van der Waals surface area contributed by atoms with Crippen LogP contribution in [0.15, 0.2) is 47.3 Å². The number of halogens is 1. The van der Waals surface area contributed by atoms with Gasteiger partial charge in [0, 0.05) is 18.2 Å². The summed E-state index contributed by atoms with van der Waals surface area (Å²) >= 11 is 6.26. The first-order valence-corrected chi connectivity index (χ1v) is 11.5. The van der Waals surface area contributed by atoms with Crippen LogP contribution in [0, 0.1) is 18.3 Å². The van der Waals surface area contributed by atoms with Crippen LogP contribution in [0.3, 0.4) is 0 Å². The number of imidazole rings is 1. The number of aromatic amines is 1. The molecule has 1 aromatic heterocycles. The molecule has 0 aliphatic rings. The Bertz CT molecular complexity index is 1270. The number of carbonyl (C=O) groups excluding carboxylic acids is 1. The van der Waals surface area contributed by atoms with Gasteiger partial charge in [-0.3, -0.25) is 4.79 Å². The standard InChI is InChI=1S/C26H28ClN3O5/c1-5-16(3)23(24(31)28-21-12-7-17(6-2)15-20(21)27)30-25(32)22(29-26(30)33)18-8-10-19(11-9-18)35-14-13-34-4/h2,7-12,15-16,23,32H,5,13-14H2,1,3-4H3,(H,28,31)(H,29,33)/t16-,23-/m0/s1. The number of aromatic hydroxyl groups is 1. The number of anilines is 1. The lowest BCUT2D eigenvalue weighted by Crippen LogP contribution is -2.36. The second-order valence-electron chi connectivity index (χ2n) is 8.02. The zero-order valence-corrected chi connectivity index (χ0v) is 20.6. The molecule has 0 saturated heterocycles. The van der Waals surface area contributed by atoms with Crippen molar-refractivity contribution in [3.63, 3.8) is 0 Å². The van der Waals surface area contributed by atoms with E-state index in [1.165, 1.54) is 0 Å². The Morgan fingerprint density at radius 3 is 2.57 bits per heavy atom. The quantitative estimate of drug-likeness (QED) is 0.284. The van der Waals surface area contributed by atoms with Crippen molar-refractivity contribution in [2.45, 2.75) is 26.3 Å². The summed E-state index contributed by atoms with van der Waals surface area (Å²) in [4.78, 5) is 28.9. The first-order valence-electron chi connectivity index (χ1n) is 11.1. The SMILES string of the molecule is C#Cc1ccc(NC(=O)[C@H]([C@@H](C)CC)n2c(O)c(-c3ccc(OCCOC)cc3)[nH]c2=O)c(Cl)c1. The first-order chi connectivity index (χ1) is 16.8. The highest BCUT2D eigenvalue weighted by atomic mass is 35.5. The number of carbonyl (C=O) groups is 1. The summed E-state index contributed by atoms with van der Waals surface area (Å²) in [5.41, 5.74) is 1.10. The van der Waals surface area contributed by atoms with Gasteiger partial charge in [0.15, 0.2) is 0 Å². The molecule has 184 valence electrons. The number of rotatable bonds is 10. The maximum Gasteiger partial charge on any atom is 0.329 e. The van der Waals surface area contributed by atoms with E-state index in [9.17, 15) is 14.7 Å². The number of ether oxygens (including phenoxy) is 2. The molecule has 2 aromatic carbocycles. The molecule has 0 aliphatic heterocycles. The molecule has 0 saturated carbocycles. The van der Waals surface area contributed by atoms with Crippen LogP contribution in [0.25, 0.3) is 11.3 Å². The van der Waals surface area contributed by atoms with Crippen LogP contribution in [-0.4, -0.2) is 40.9 Å². The predicted octanol–water partition coefficient (Wildman–Crippen LogP) is 4.43. The fourth-order valence-corrected chi connectivity index (χ4v) is 3.85. The van der Waals surface area contributed by atoms with Gasteiger partial charge in [0.2, 0.25) is 11.8 Å². The molecule has 0 unspecified atom stereocenters. The first kappa shape index (κ1) is 25.9. The molecule has 2 atom stereocenters. The molecule has 0 aliphatic carbocycles. The molecule has 0 spiro atoms. The van der Waals surface area contributed by atoms with E-state index in [4.69, 9.17) is 27.5 Å². The Morgan fingerprint density at radius 1 is 1.26 bits per heavy atom. The molecule has 9 heteroatoms. The van der Waals surface area contributed by atoms with E-state index >= 15 is 0 Å². The van der Waals surface area contributed by atoms with E-state index in [2.05, 4.69) is 16.2 Å². The largest absolute Gasteiger partial charge is 0.493 e. The van der Waals surface area contributed by atoms with Gasteiger partial charge in [-0.2, -0.15) is 0 Å². The van der Waals surface area contributed by atoms with Crippen LogP contribution < -0.4 is 15.7 Å². The second kappa shape index (κ2) is 11.6. The van der Waals surface area contributed by atoms with E-state index in [-0.39, 0.29) is 22.5 Å². The molecule has 0 fully saturated rings. The summed E-state index contributed by atoms with van der Waals surface area (Å²) in [6.45, 7) is 4.59. The van der Waals surface area contributed by atoms with E-state index in [1.54, 1.807) is 49.6 Å². The monoisotopic (exact) mass is 497 g/mol. The lowest BCUT2D eigenvalue weighted by molar-refractivity contribution is -0.120. The van der Waals surface area contributed by atoms with E-state index in [0.717, 1.165) is 4.57 Å². The normalized spacial score (nSPS) is 12.5. The van der Waals surface area contributed by atoms with Crippen LogP contribution in [0.5, 0.6) is 11.6 Å². The highest BCUT2D eigenvalue weighted by molar-refractivity contribution is 6.33. The molecule has 3 aromatic rings. The maximum atomic E-state index is 13.3. The van der Waals surface area contributed by atoms with Gasteiger partial charge in [0.1, 0.15) is 24.1 Å². The Labute approximate surface area is 208 Å². The van der Waals surface area contributed by atoms with Crippen LogP contribution in [-0.2, 0) is 9.53 Å². The Balaban J connectivity index is 1.92. The Kier molecular flexibility index (Phi) is 8.63. The van der Waals surface area contributed by atoms with Crippen LogP contribution in [0.4, 0.5) is 5.69 Å². The molecular formula is C26H28ClN3O5. The Morgan fingerprint density at radius 2 is 1.97 bits per heavy atom. The Hall–Kier alpha value is -3.67. The van der Waals surface area contributed by atoms with Gasteiger partial charge in [-0.1, -0.05) is 37.8 Å². The minimum absolute atomic E-state index is 0.205. The number of H-pyrrole nitrogens is 1. The predicted molar refractivity (Wildman–Crippen MR) is 136 cm³/mol. The van der Waals surface area contributed by atoms with Crippen molar-refractivity contribution in [3.8, 4) is 35.2 Å². The lowest BCUT2D eigenvalue weighted by Gasteiger charge is -2.24. The fourth-order valence-electron chi connectivity index (χ4n) is 3.63. The van der Waals surface area contributed by atoms with E-state index in [1.807, 2.05) is 13.8 Å². The van der Waals surface area contributed by atoms with Crippen LogP contribution >= 0.6 is 11.6 Å². The molecule has 3 rings (SSSR count). The number of hydrogen-bond donors (Lipinski definition) is 3. The molecule has 3 N–H and O–H groups in total. The molecule has 8 nitrogen and oxygen atoms in total. The van der Waals surface area contributed by atoms with Crippen molar-refractivity contribution >= 4 is 23.2 Å². The van der Waals surface area contributed by atoms with Gasteiger partial charge >= 0.3 is 5.69 Å². The third kappa shape index (κ3) is 5.88. The van der Waals surface area contributed by atoms with Crippen molar-refractivity contribution in [1.29, 1.82) is 0 Å². The van der Waals surface area contributed by atoms with Gasteiger partial charge in [0.05, 0.1) is 17.3 Å². The van der Waals surface area contributed by atoms with Gasteiger partial charge in [-0.25, -0.2) is 9.36 Å². The van der Waals surface area contributed by atoms with Gasteiger partial charge in [-0.05, 0) is 48.4 Å². The van der Waals surface area contributed by atoms with Crippen molar-refractivity contribution in [1.82, 2.24) is 9.55 Å². The smallest absolute Gasteiger partial charge is 0.329 e. The van der Waals surface area contributed by atoms with Crippen LogP contribution in [0.1, 0.15) is 31.9 Å². The summed E-state index contributed by atoms with van der Waals surface area (Å²) in [5.74, 6) is 2.00.